The summed E-state index contributed by atoms with van der Waals surface area (Å²) in [6.07, 6.45) is 1.55. The molecule has 4 heterocycles. The highest BCUT2D eigenvalue weighted by molar-refractivity contribution is 5.95. The molecule has 7 rings (SSSR count). The van der Waals surface area contributed by atoms with Crippen LogP contribution in [0.15, 0.2) is 48.9 Å². The number of H-pyrrole nitrogens is 1. The number of hydrogen-bond donors (Lipinski definition) is 2. The zero-order chi connectivity index (χ0) is 32.5. The maximum absolute atomic E-state index is 15.2. The molecule has 8 nitrogen and oxygen atoms in total. The van der Waals surface area contributed by atoms with Gasteiger partial charge in [-0.1, -0.05) is 19.9 Å². The first-order valence-corrected chi connectivity index (χ1v) is 14.7. The van der Waals surface area contributed by atoms with E-state index in [1.807, 2.05) is 26.0 Å². The third-order valence-electron chi connectivity index (χ3n) is 8.68. The number of aromatic nitrogens is 6. The lowest BCUT2D eigenvalue weighted by Gasteiger charge is -2.23. The van der Waals surface area contributed by atoms with Gasteiger partial charge in [-0.05, 0) is 48.4 Å². The summed E-state index contributed by atoms with van der Waals surface area (Å²) in [6, 6.07) is 5.56. The number of carbonyl (C=O) groups is 1. The van der Waals surface area contributed by atoms with Crippen molar-refractivity contribution in [1.29, 1.82) is 0 Å². The number of nitrogens with one attached hydrogen (secondary N) is 2. The van der Waals surface area contributed by atoms with Gasteiger partial charge in [0.2, 0.25) is 5.91 Å². The van der Waals surface area contributed by atoms with Crippen LogP contribution in [0.4, 0.5) is 26.3 Å². The second-order valence-corrected chi connectivity index (χ2v) is 12.1. The van der Waals surface area contributed by atoms with Gasteiger partial charge in [0.1, 0.15) is 29.6 Å². The van der Waals surface area contributed by atoms with E-state index in [1.54, 1.807) is 12.4 Å². The van der Waals surface area contributed by atoms with Gasteiger partial charge in [-0.25, -0.2) is 17.6 Å². The zero-order valence-electron chi connectivity index (χ0n) is 24.5. The summed E-state index contributed by atoms with van der Waals surface area (Å²) in [7, 11) is 0. The summed E-state index contributed by atoms with van der Waals surface area (Å²) in [5.41, 5.74) is 1.43. The Morgan fingerprint density at radius 3 is 2.50 bits per heavy atom. The van der Waals surface area contributed by atoms with E-state index < -0.39 is 65.7 Å². The number of pyridine rings is 2. The van der Waals surface area contributed by atoms with Crippen LogP contribution in [0, 0.1) is 17.6 Å². The minimum absolute atomic E-state index is 0.0851. The Hall–Kier alpha value is -4.75. The maximum Gasteiger partial charge on any atom is 0.293 e. The van der Waals surface area contributed by atoms with Gasteiger partial charge in [0.05, 0.1) is 29.6 Å². The standard InChI is InChI=1S/C32H27F6N7O/c1-14(2)22-4-3-16(10-39-22)26-20-11-41-43-24(20)12-40-28(26)23(7-15-5-17(33)8-18(34)6-15)42-25(46)13-45-30-27(29(44-45)31(35)36)19-9-21(19)32(30,37)38/h3-6,8,10-12,14,19,21,23,31H,7,9,13H2,1-2H3,(H,41,43)(H,42,46)/t19-,21+,23?/m0/s1. The third-order valence-corrected chi connectivity index (χ3v) is 8.68. The van der Waals surface area contributed by atoms with Gasteiger partial charge in [0.15, 0.2) is 0 Å². The van der Waals surface area contributed by atoms with E-state index in [1.165, 1.54) is 6.20 Å². The molecule has 2 aliphatic carbocycles. The molecule has 3 atom stereocenters. The monoisotopic (exact) mass is 639 g/mol. The van der Waals surface area contributed by atoms with Crippen LogP contribution >= 0.6 is 0 Å². The molecular formula is C32H27F6N7O. The summed E-state index contributed by atoms with van der Waals surface area (Å²) >= 11 is 0. The van der Waals surface area contributed by atoms with Crippen molar-refractivity contribution in [2.75, 3.05) is 0 Å². The third kappa shape index (κ3) is 5.09. The van der Waals surface area contributed by atoms with Crippen molar-refractivity contribution >= 4 is 16.8 Å². The van der Waals surface area contributed by atoms with Gasteiger partial charge in [-0.2, -0.15) is 19.0 Å². The molecule has 2 N–H and O–H groups in total. The van der Waals surface area contributed by atoms with Gasteiger partial charge in [-0.15, -0.1) is 0 Å². The fourth-order valence-corrected chi connectivity index (χ4v) is 6.53. The summed E-state index contributed by atoms with van der Waals surface area (Å²) in [6.45, 7) is 3.20. The predicted octanol–water partition coefficient (Wildman–Crippen LogP) is 6.86. The molecule has 1 unspecified atom stereocenters. The molecule has 0 bridgehead atoms. The maximum atomic E-state index is 15.2. The molecule has 2 aliphatic rings. The van der Waals surface area contributed by atoms with Gasteiger partial charge in [-0.3, -0.25) is 24.5 Å². The van der Waals surface area contributed by atoms with Crippen molar-refractivity contribution < 1.29 is 31.1 Å². The summed E-state index contributed by atoms with van der Waals surface area (Å²) in [5.74, 6) is -7.57. The van der Waals surface area contributed by atoms with Gasteiger partial charge >= 0.3 is 0 Å². The molecule has 1 aromatic carbocycles. The molecule has 0 spiro atoms. The van der Waals surface area contributed by atoms with Gasteiger partial charge < -0.3 is 5.32 Å². The van der Waals surface area contributed by atoms with Gasteiger partial charge in [0.25, 0.3) is 12.3 Å². The highest BCUT2D eigenvalue weighted by Crippen LogP contribution is 2.68. The van der Waals surface area contributed by atoms with E-state index in [0.717, 1.165) is 17.8 Å². The second kappa shape index (κ2) is 11.0. The van der Waals surface area contributed by atoms with E-state index >= 15 is 8.78 Å². The van der Waals surface area contributed by atoms with Crippen molar-refractivity contribution in [3.8, 4) is 11.1 Å². The molecule has 0 radical (unpaired) electrons. The molecular weight excluding hydrogens is 612 g/mol. The first kappa shape index (κ1) is 29.9. The average Bonchev–Trinajstić information content (AvgIpc) is 3.38. The number of aromatic amines is 1. The highest BCUT2D eigenvalue weighted by atomic mass is 19.3. The summed E-state index contributed by atoms with van der Waals surface area (Å²) in [5, 5.41) is 14.1. The molecule has 238 valence electrons. The van der Waals surface area contributed by atoms with E-state index in [4.69, 9.17) is 0 Å². The quantitative estimate of drug-likeness (QED) is 0.172. The number of carbonyl (C=O) groups excluding carboxylic acids is 1. The van der Waals surface area contributed by atoms with Crippen LogP contribution in [0.3, 0.4) is 0 Å². The Balaban J connectivity index is 1.29. The van der Waals surface area contributed by atoms with Crippen LogP contribution in [0.25, 0.3) is 22.0 Å². The molecule has 14 heteroatoms. The lowest BCUT2D eigenvalue weighted by molar-refractivity contribution is -0.123. The van der Waals surface area contributed by atoms with Crippen LogP contribution in [0.2, 0.25) is 0 Å². The first-order valence-electron chi connectivity index (χ1n) is 14.7. The Kier molecular flexibility index (Phi) is 7.13. The molecule has 1 fully saturated rings. The fourth-order valence-electron chi connectivity index (χ4n) is 6.53. The van der Waals surface area contributed by atoms with Crippen LogP contribution in [-0.4, -0.2) is 35.9 Å². The number of hydrogen-bond acceptors (Lipinski definition) is 5. The normalized spacial score (nSPS) is 18.7. The summed E-state index contributed by atoms with van der Waals surface area (Å²) < 4.78 is 87.1. The first-order chi connectivity index (χ1) is 21.9. The van der Waals surface area contributed by atoms with E-state index in [9.17, 15) is 22.4 Å². The Labute approximate surface area is 258 Å². The fraction of sp³-hybridized carbons (Fsp3) is 0.344. The minimum atomic E-state index is -3.41. The number of halogens is 6. The van der Waals surface area contributed by atoms with Crippen LogP contribution in [0.1, 0.15) is 78.5 Å². The topological polar surface area (TPSA) is 101 Å². The van der Waals surface area contributed by atoms with Crippen molar-refractivity contribution in [1.82, 2.24) is 35.3 Å². The average molecular weight is 640 g/mol. The molecule has 4 aromatic heterocycles. The second-order valence-electron chi connectivity index (χ2n) is 12.1. The van der Waals surface area contributed by atoms with Crippen LogP contribution in [-0.2, 0) is 23.7 Å². The zero-order valence-corrected chi connectivity index (χ0v) is 24.5. The number of amides is 1. The Bertz CT molecular complexity index is 1950. The molecule has 1 saturated carbocycles. The predicted molar refractivity (Wildman–Crippen MR) is 154 cm³/mol. The molecule has 5 aromatic rings. The molecule has 1 amide bonds. The van der Waals surface area contributed by atoms with E-state index in [0.29, 0.717) is 32.8 Å². The van der Waals surface area contributed by atoms with Crippen LogP contribution < -0.4 is 5.32 Å². The smallest absolute Gasteiger partial charge is 0.293 e. The molecule has 0 saturated heterocycles. The van der Waals surface area contributed by atoms with Crippen LogP contribution in [0.5, 0.6) is 0 Å². The number of benzene rings is 1. The Morgan fingerprint density at radius 1 is 1.07 bits per heavy atom. The highest BCUT2D eigenvalue weighted by Gasteiger charge is 2.67. The number of rotatable bonds is 9. The Morgan fingerprint density at radius 2 is 1.83 bits per heavy atom. The number of nitrogens with zero attached hydrogens (tertiary/aromatic N) is 5. The summed E-state index contributed by atoms with van der Waals surface area (Å²) in [4.78, 5) is 22.7. The molecule has 0 aliphatic heterocycles. The minimum Gasteiger partial charge on any atom is -0.346 e. The van der Waals surface area contributed by atoms with Crippen molar-refractivity contribution in [3.63, 3.8) is 0 Å². The lowest BCUT2D eigenvalue weighted by Crippen LogP contribution is -2.35. The lowest BCUT2D eigenvalue weighted by atomic mass is 9.93. The van der Waals surface area contributed by atoms with E-state index in [2.05, 4.69) is 30.6 Å². The van der Waals surface area contributed by atoms with Crippen molar-refractivity contribution in [2.24, 2.45) is 5.92 Å². The van der Waals surface area contributed by atoms with Crippen molar-refractivity contribution in [3.05, 3.63) is 94.5 Å². The van der Waals surface area contributed by atoms with Gasteiger partial charge in [0, 0.05) is 46.0 Å². The molecule has 46 heavy (non-hydrogen) atoms. The number of fused-ring (bicyclic) bond motifs is 4. The van der Waals surface area contributed by atoms with E-state index in [-0.39, 0.29) is 35.6 Å². The SMILES string of the molecule is CC(C)c1ccc(-c2c(C(Cc3cc(F)cc(F)c3)NC(=O)Cn3nc(C(F)F)c4c3C(F)(F)[C@@H]3C[C@H]43)ncc3[nH]ncc23)cn1. The number of alkyl halides is 4. The largest absolute Gasteiger partial charge is 0.346 e. The van der Waals surface area contributed by atoms with Crippen molar-refractivity contribution in [2.45, 2.75) is 63.5 Å².